The van der Waals surface area contributed by atoms with Crippen LogP contribution in [0.25, 0.3) is 0 Å². The first kappa shape index (κ1) is 13.7. The molecule has 1 aromatic carbocycles. The molecule has 1 fully saturated rings. The van der Waals surface area contributed by atoms with E-state index in [9.17, 15) is 4.79 Å². The fourth-order valence-corrected chi connectivity index (χ4v) is 2.28. The monoisotopic (exact) mass is 263 g/mol. The third-order valence-corrected chi connectivity index (χ3v) is 3.28. The predicted molar refractivity (Wildman–Crippen MR) is 76.5 cm³/mol. The molecule has 2 rings (SSSR count). The Morgan fingerprint density at radius 3 is 2.79 bits per heavy atom. The molecular formula is C14H21N3O2. The van der Waals surface area contributed by atoms with Crippen molar-refractivity contribution in [3.63, 3.8) is 0 Å². The van der Waals surface area contributed by atoms with Gasteiger partial charge in [0.2, 0.25) is 0 Å². The van der Waals surface area contributed by atoms with E-state index in [1.165, 1.54) is 0 Å². The lowest BCUT2D eigenvalue weighted by atomic mass is 10.1. The van der Waals surface area contributed by atoms with Gasteiger partial charge in [0.05, 0.1) is 24.1 Å². The van der Waals surface area contributed by atoms with Crippen LogP contribution >= 0.6 is 0 Å². The lowest BCUT2D eigenvalue weighted by Gasteiger charge is -2.31. The molecule has 0 spiro atoms. The lowest BCUT2D eigenvalue weighted by molar-refractivity contribution is -0.0124. The molecule has 0 aromatic heterocycles. The minimum Gasteiger partial charge on any atom is -0.397 e. The van der Waals surface area contributed by atoms with E-state index in [-0.39, 0.29) is 12.0 Å². The zero-order chi connectivity index (χ0) is 14.0. The maximum atomic E-state index is 12.4. The van der Waals surface area contributed by atoms with Gasteiger partial charge in [-0.05, 0) is 25.1 Å². The van der Waals surface area contributed by atoms with Crippen molar-refractivity contribution in [1.82, 2.24) is 4.90 Å². The van der Waals surface area contributed by atoms with Crippen LogP contribution in [-0.2, 0) is 4.74 Å². The fourth-order valence-electron chi connectivity index (χ4n) is 2.28. The molecule has 1 saturated heterocycles. The Hall–Kier alpha value is -1.75. The fraction of sp³-hybridized carbons (Fsp3) is 0.500. The van der Waals surface area contributed by atoms with Crippen LogP contribution in [0.15, 0.2) is 18.2 Å². The Labute approximate surface area is 113 Å². The van der Waals surface area contributed by atoms with Crippen molar-refractivity contribution in [2.45, 2.75) is 13.0 Å². The number of benzene rings is 1. The van der Waals surface area contributed by atoms with Gasteiger partial charge >= 0.3 is 0 Å². The van der Waals surface area contributed by atoms with Gasteiger partial charge in [-0.1, -0.05) is 0 Å². The van der Waals surface area contributed by atoms with E-state index in [0.29, 0.717) is 30.9 Å². The van der Waals surface area contributed by atoms with Gasteiger partial charge < -0.3 is 20.3 Å². The first-order valence-corrected chi connectivity index (χ1v) is 6.46. The number of hydrogen-bond donors (Lipinski definition) is 1. The number of amides is 1. The Bertz CT molecular complexity index is 474. The molecule has 0 saturated carbocycles. The molecule has 1 aliphatic rings. The van der Waals surface area contributed by atoms with Gasteiger partial charge in [-0.2, -0.15) is 0 Å². The summed E-state index contributed by atoms with van der Waals surface area (Å²) in [4.78, 5) is 16.1. The maximum absolute atomic E-state index is 12.4. The van der Waals surface area contributed by atoms with Crippen LogP contribution in [0.3, 0.4) is 0 Å². The number of nitrogen functional groups attached to an aromatic ring is 1. The van der Waals surface area contributed by atoms with Crippen LogP contribution < -0.4 is 10.6 Å². The predicted octanol–water partition coefficient (Wildman–Crippen LogP) is 1.20. The Morgan fingerprint density at radius 2 is 2.21 bits per heavy atom. The summed E-state index contributed by atoms with van der Waals surface area (Å²) in [5.74, 6) is 0.0205. The Kier molecular flexibility index (Phi) is 3.95. The van der Waals surface area contributed by atoms with Gasteiger partial charge in [0.25, 0.3) is 5.91 Å². The second kappa shape index (κ2) is 5.48. The molecule has 5 heteroatoms. The van der Waals surface area contributed by atoms with Crippen molar-refractivity contribution in [3.8, 4) is 0 Å². The van der Waals surface area contributed by atoms with Gasteiger partial charge in [-0.3, -0.25) is 4.79 Å². The van der Waals surface area contributed by atoms with E-state index in [2.05, 4.69) is 0 Å². The van der Waals surface area contributed by atoms with Crippen LogP contribution in [0.4, 0.5) is 11.4 Å². The standard InChI is InChI=1S/C14H21N3O2/c1-10-9-17(6-7-19-10)14(18)11-4-5-13(16(2)3)12(15)8-11/h4-5,8,10H,6-7,9,15H2,1-3H3. The Morgan fingerprint density at radius 1 is 1.47 bits per heavy atom. The van der Waals surface area contributed by atoms with E-state index < -0.39 is 0 Å². The average molecular weight is 263 g/mol. The highest BCUT2D eigenvalue weighted by atomic mass is 16.5. The van der Waals surface area contributed by atoms with Crippen LogP contribution in [-0.4, -0.2) is 50.7 Å². The van der Waals surface area contributed by atoms with Crippen molar-refractivity contribution in [1.29, 1.82) is 0 Å². The van der Waals surface area contributed by atoms with Crippen LogP contribution in [0.2, 0.25) is 0 Å². The first-order chi connectivity index (χ1) is 8.99. The minimum atomic E-state index is 0.0205. The van der Waals surface area contributed by atoms with Crippen molar-refractivity contribution >= 4 is 17.3 Å². The van der Waals surface area contributed by atoms with E-state index >= 15 is 0 Å². The number of nitrogens with zero attached hydrogens (tertiary/aromatic N) is 2. The highest BCUT2D eigenvalue weighted by Crippen LogP contribution is 2.23. The number of carbonyl (C=O) groups is 1. The van der Waals surface area contributed by atoms with Crippen molar-refractivity contribution < 1.29 is 9.53 Å². The molecule has 1 atom stereocenters. The molecule has 1 aromatic rings. The zero-order valence-corrected chi connectivity index (χ0v) is 11.7. The smallest absolute Gasteiger partial charge is 0.254 e. The summed E-state index contributed by atoms with van der Waals surface area (Å²) in [5.41, 5.74) is 8.16. The second-order valence-corrected chi connectivity index (χ2v) is 5.10. The molecule has 2 N–H and O–H groups in total. The van der Waals surface area contributed by atoms with Gasteiger partial charge in [0.15, 0.2) is 0 Å². The summed E-state index contributed by atoms with van der Waals surface area (Å²) < 4.78 is 5.44. The molecule has 1 unspecified atom stereocenters. The summed E-state index contributed by atoms with van der Waals surface area (Å²) in [6, 6.07) is 5.46. The molecule has 1 aliphatic heterocycles. The number of carbonyl (C=O) groups excluding carboxylic acids is 1. The van der Waals surface area contributed by atoms with E-state index in [1.54, 1.807) is 6.07 Å². The number of nitrogens with two attached hydrogens (primary N) is 1. The number of rotatable bonds is 2. The molecule has 1 amide bonds. The molecule has 0 bridgehead atoms. The van der Waals surface area contributed by atoms with E-state index in [0.717, 1.165) is 5.69 Å². The largest absolute Gasteiger partial charge is 0.397 e. The van der Waals surface area contributed by atoms with E-state index in [4.69, 9.17) is 10.5 Å². The summed E-state index contributed by atoms with van der Waals surface area (Å²) in [5, 5.41) is 0. The molecule has 19 heavy (non-hydrogen) atoms. The lowest BCUT2D eigenvalue weighted by Crippen LogP contribution is -2.44. The second-order valence-electron chi connectivity index (χ2n) is 5.10. The van der Waals surface area contributed by atoms with Crippen LogP contribution in [0.1, 0.15) is 17.3 Å². The SMILES string of the molecule is CC1CN(C(=O)c2ccc(N(C)C)c(N)c2)CCO1. The topological polar surface area (TPSA) is 58.8 Å². The summed E-state index contributed by atoms with van der Waals surface area (Å²) in [7, 11) is 3.85. The molecule has 0 radical (unpaired) electrons. The van der Waals surface area contributed by atoms with E-state index in [1.807, 2.05) is 43.0 Å². The zero-order valence-electron chi connectivity index (χ0n) is 11.7. The number of ether oxygens (including phenoxy) is 1. The molecule has 0 aliphatic carbocycles. The summed E-state index contributed by atoms with van der Waals surface area (Å²) >= 11 is 0. The van der Waals surface area contributed by atoms with Gasteiger partial charge in [0, 0.05) is 32.7 Å². The maximum Gasteiger partial charge on any atom is 0.254 e. The van der Waals surface area contributed by atoms with Gasteiger partial charge in [0.1, 0.15) is 0 Å². The highest BCUT2D eigenvalue weighted by Gasteiger charge is 2.22. The van der Waals surface area contributed by atoms with Crippen molar-refractivity contribution in [2.75, 3.05) is 44.4 Å². The minimum absolute atomic E-state index is 0.0205. The van der Waals surface area contributed by atoms with Crippen molar-refractivity contribution in [3.05, 3.63) is 23.8 Å². The number of hydrogen-bond acceptors (Lipinski definition) is 4. The summed E-state index contributed by atoms with van der Waals surface area (Å²) in [6.45, 7) is 3.84. The van der Waals surface area contributed by atoms with Crippen LogP contribution in [0, 0.1) is 0 Å². The van der Waals surface area contributed by atoms with Gasteiger partial charge in [-0.15, -0.1) is 0 Å². The molecule has 104 valence electrons. The normalized spacial score (nSPS) is 19.3. The molecular weight excluding hydrogens is 242 g/mol. The highest BCUT2D eigenvalue weighted by molar-refractivity contribution is 5.96. The first-order valence-electron chi connectivity index (χ1n) is 6.46. The summed E-state index contributed by atoms with van der Waals surface area (Å²) in [6.07, 6.45) is 0.0936. The third kappa shape index (κ3) is 2.98. The third-order valence-electron chi connectivity index (χ3n) is 3.28. The van der Waals surface area contributed by atoms with Gasteiger partial charge in [-0.25, -0.2) is 0 Å². The van der Waals surface area contributed by atoms with Crippen LogP contribution in [0.5, 0.6) is 0 Å². The van der Waals surface area contributed by atoms with Crippen molar-refractivity contribution in [2.24, 2.45) is 0 Å². The Balaban J connectivity index is 2.17. The quantitative estimate of drug-likeness (QED) is 0.814. The number of anilines is 2. The number of morpholine rings is 1. The molecule has 5 nitrogen and oxygen atoms in total. The average Bonchev–Trinajstić information content (AvgIpc) is 2.37. The molecule has 1 heterocycles.